The number of hydrogen-bond acceptors (Lipinski definition) is 6. The molecule has 0 aliphatic carbocycles. The molecule has 3 aromatic rings. The first kappa shape index (κ1) is 14.0. The molecule has 0 saturated heterocycles. The summed E-state index contributed by atoms with van der Waals surface area (Å²) < 4.78 is 3.81. The summed E-state index contributed by atoms with van der Waals surface area (Å²) in [7, 11) is 0. The third kappa shape index (κ3) is 2.39. The lowest BCUT2D eigenvalue weighted by Gasteiger charge is -2.08. The van der Waals surface area contributed by atoms with Gasteiger partial charge in [-0.2, -0.15) is 9.61 Å². The summed E-state index contributed by atoms with van der Waals surface area (Å²) in [5.41, 5.74) is 9.29. The highest BCUT2D eigenvalue weighted by molar-refractivity contribution is 7.20. The van der Waals surface area contributed by atoms with Crippen molar-refractivity contribution >= 4 is 21.4 Å². The lowest BCUT2D eigenvalue weighted by molar-refractivity contribution is 0.515. The molecule has 112 valence electrons. The first-order chi connectivity index (χ1) is 9.97. The molecule has 3 rings (SSSR count). The molecule has 0 aromatic carbocycles. The quantitative estimate of drug-likeness (QED) is 0.796. The molecule has 0 saturated carbocycles. The van der Waals surface area contributed by atoms with Gasteiger partial charge in [0.05, 0.1) is 5.69 Å². The second kappa shape index (κ2) is 5.10. The van der Waals surface area contributed by atoms with Crippen LogP contribution in [0.1, 0.15) is 42.7 Å². The van der Waals surface area contributed by atoms with E-state index in [4.69, 9.17) is 5.73 Å². The molecule has 3 heterocycles. The van der Waals surface area contributed by atoms with Gasteiger partial charge < -0.3 is 5.73 Å². The number of anilines is 1. The van der Waals surface area contributed by atoms with Gasteiger partial charge in [-0.3, -0.25) is 4.68 Å². The number of aromatic nitrogens is 6. The van der Waals surface area contributed by atoms with Gasteiger partial charge in [0.25, 0.3) is 0 Å². The van der Waals surface area contributed by atoms with Gasteiger partial charge in [0.2, 0.25) is 10.1 Å². The van der Waals surface area contributed by atoms with Crippen LogP contribution in [0, 0.1) is 13.8 Å². The largest absolute Gasteiger partial charge is 0.374 e. The molecule has 0 bridgehead atoms. The molecule has 0 unspecified atom stereocenters. The molecule has 0 fully saturated rings. The average molecular weight is 305 g/mol. The fourth-order valence-electron chi connectivity index (χ4n) is 2.63. The van der Waals surface area contributed by atoms with Crippen molar-refractivity contribution in [3.05, 3.63) is 22.8 Å². The second-order valence-corrected chi connectivity index (χ2v) is 6.43. The van der Waals surface area contributed by atoms with E-state index in [1.165, 1.54) is 22.6 Å². The van der Waals surface area contributed by atoms with Gasteiger partial charge in [-0.25, -0.2) is 0 Å². The molecule has 0 aliphatic rings. The van der Waals surface area contributed by atoms with Crippen LogP contribution >= 0.6 is 11.3 Å². The summed E-state index contributed by atoms with van der Waals surface area (Å²) in [6.07, 6.45) is 1.65. The number of nitrogens with two attached hydrogens (primary N) is 1. The summed E-state index contributed by atoms with van der Waals surface area (Å²) in [5, 5.41) is 17.7. The molecule has 2 N–H and O–H groups in total. The lowest BCUT2D eigenvalue weighted by Crippen LogP contribution is -2.06. The third-order valence-electron chi connectivity index (χ3n) is 3.63. The molecule has 21 heavy (non-hydrogen) atoms. The highest BCUT2D eigenvalue weighted by Crippen LogP contribution is 2.20. The van der Waals surface area contributed by atoms with Crippen molar-refractivity contribution in [3.63, 3.8) is 0 Å². The fourth-order valence-corrected chi connectivity index (χ4v) is 3.25. The molecule has 7 nitrogen and oxygen atoms in total. The van der Waals surface area contributed by atoms with E-state index < -0.39 is 0 Å². The molecular formula is C13H19N7S. The van der Waals surface area contributed by atoms with E-state index in [0.717, 1.165) is 29.3 Å². The Balaban J connectivity index is 1.85. The van der Waals surface area contributed by atoms with E-state index >= 15 is 0 Å². The minimum absolute atomic E-state index is 0.371. The van der Waals surface area contributed by atoms with Gasteiger partial charge in [0.1, 0.15) is 0 Å². The van der Waals surface area contributed by atoms with Gasteiger partial charge in [0, 0.05) is 18.2 Å². The van der Waals surface area contributed by atoms with E-state index in [1.807, 2.05) is 0 Å². The topological polar surface area (TPSA) is 86.9 Å². The number of nitrogen functional groups attached to an aromatic ring is 1. The number of hydrogen-bond donors (Lipinski definition) is 1. The average Bonchev–Trinajstić information content (AvgIpc) is 3.02. The Morgan fingerprint density at radius 2 is 1.90 bits per heavy atom. The van der Waals surface area contributed by atoms with Crippen LogP contribution in [0.5, 0.6) is 0 Å². The van der Waals surface area contributed by atoms with Gasteiger partial charge in [0.15, 0.2) is 5.82 Å². The van der Waals surface area contributed by atoms with E-state index in [9.17, 15) is 0 Å². The van der Waals surface area contributed by atoms with Crippen molar-refractivity contribution < 1.29 is 0 Å². The van der Waals surface area contributed by atoms with Crippen LogP contribution in [-0.4, -0.2) is 29.6 Å². The van der Waals surface area contributed by atoms with Crippen molar-refractivity contribution in [2.75, 3.05) is 5.73 Å². The summed E-state index contributed by atoms with van der Waals surface area (Å²) in [4.78, 5) is 0.744. The first-order valence-corrected chi connectivity index (χ1v) is 7.80. The summed E-state index contributed by atoms with van der Waals surface area (Å²) >= 11 is 1.35. The SMILES string of the molecule is Cc1nn(C(C)C)c(C)c1CCc1nnc2sc(N)nn12. The fraction of sp³-hybridized carbons (Fsp3) is 0.538. The maximum atomic E-state index is 5.70. The second-order valence-electron chi connectivity index (χ2n) is 5.44. The Kier molecular flexibility index (Phi) is 3.40. The van der Waals surface area contributed by atoms with E-state index in [2.05, 4.69) is 52.8 Å². The molecule has 0 radical (unpaired) electrons. The van der Waals surface area contributed by atoms with Crippen molar-refractivity contribution in [2.24, 2.45) is 0 Å². The highest BCUT2D eigenvalue weighted by Gasteiger charge is 2.15. The Bertz CT molecular complexity index is 780. The molecular weight excluding hydrogens is 286 g/mol. The van der Waals surface area contributed by atoms with E-state index in [1.54, 1.807) is 4.52 Å². The van der Waals surface area contributed by atoms with Gasteiger partial charge in [-0.05, 0) is 39.7 Å². The lowest BCUT2D eigenvalue weighted by atomic mass is 10.1. The number of rotatable bonds is 4. The predicted molar refractivity (Wildman–Crippen MR) is 82.6 cm³/mol. The molecule has 8 heteroatoms. The minimum Gasteiger partial charge on any atom is -0.374 e. The van der Waals surface area contributed by atoms with Crippen molar-refractivity contribution in [1.29, 1.82) is 0 Å². The Labute approximate surface area is 126 Å². The normalized spacial score (nSPS) is 11.9. The maximum Gasteiger partial charge on any atom is 0.236 e. The van der Waals surface area contributed by atoms with Crippen molar-refractivity contribution in [1.82, 2.24) is 29.6 Å². The van der Waals surface area contributed by atoms with E-state index in [0.29, 0.717) is 11.2 Å². The van der Waals surface area contributed by atoms with Crippen LogP contribution in [-0.2, 0) is 12.8 Å². The van der Waals surface area contributed by atoms with Crippen LogP contribution in [0.25, 0.3) is 4.96 Å². The zero-order valence-corrected chi connectivity index (χ0v) is 13.5. The standard InChI is InChI=1S/C13H19N7S/c1-7(2)19-9(4)10(8(3)17-19)5-6-11-15-16-13-20(11)18-12(14)21-13/h7H,5-6H2,1-4H3,(H2,14,18). The summed E-state index contributed by atoms with van der Waals surface area (Å²) in [5.74, 6) is 0.842. The van der Waals surface area contributed by atoms with E-state index in [-0.39, 0.29) is 0 Å². The van der Waals surface area contributed by atoms with Crippen LogP contribution in [0.3, 0.4) is 0 Å². The van der Waals surface area contributed by atoms with Crippen molar-refractivity contribution in [2.45, 2.75) is 46.6 Å². The van der Waals surface area contributed by atoms with Gasteiger partial charge in [-0.1, -0.05) is 11.3 Å². The minimum atomic E-state index is 0.371. The maximum absolute atomic E-state index is 5.70. The molecule has 0 spiro atoms. The van der Waals surface area contributed by atoms with Gasteiger partial charge in [-0.15, -0.1) is 15.3 Å². The first-order valence-electron chi connectivity index (χ1n) is 6.98. The zero-order valence-electron chi connectivity index (χ0n) is 12.7. The monoisotopic (exact) mass is 305 g/mol. The van der Waals surface area contributed by atoms with Crippen LogP contribution in [0.4, 0.5) is 5.13 Å². The van der Waals surface area contributed by atoms with Crippen LogP contribution in [0.15, 0.2) is 0 Å². The van der Waals surface area contributed by atoms with Crippen molar-refractivity contribution in [3.8, 4) is 0 Å². The summed E-state index contributed by atoms with van der Waals surface area (Å²) in [6, 6.07) is 0.371. The Morgan fingerprint density at radius 3 is 2.57 bits per heavy atom. The zero-order chi connectivity index (χ0) is 15.1. The van der Waals surface area contributed by atoms with Gasteiger partial charge >= 0.3 is 0 Å². The number of fused-ring (bicyclic) bond motifs is 1. The third-order valence-corrected chi connectivity index (χ3v) is 4.36. The Hall–Kier alpha value is -1.96. The van der Waals surface area contributed by atoms with Crippen LogP contribution < -0.4 is 5.73 Å². The molecule has 3 aromatic heterocycles. The predicted octanol–water partition coefficient (Wildman–Crippen LogP) is 1.95. The molecule has 0 aliphatic heterocycles. The molecule has 0 amide bonds. The highest BCUT2D eigenvalue weighted by atomic mass is 32.1. The van der Waals surface area contributed by atoms with Crippen LogP contribution in [0.2, 0.25) is 0 Å². The smallest absolute Gasteiger partial charge is 0.236 e. The Morgan fingerprint density at radius 1 is 1.14 bits per heavy atom. The molecule has 0 atom stereocenters. The number of aryl methyl sites for hydroxylation is 2. The number of nitrogens with zero attached hydrogens (tertiary/aromatic N) is 6. The summed E-state index contributed by atoms with van der Waals surface area (Å²) in [6.45, 7) is 8.46.